The molecule has 5 heteroatoms. The van der Waals surface area contributed by atoms with E-state index in [4.69, 9.17) is 0 Å². The van der Waals surface area contributed by atoms with Gasteiger partial charge in [-0.05, 0) is 0 Å². The van der Waals surface area contributed by atoms with Gasteiger partial charge >= 0.3 is 51.4 Å². The molecule has 34 valence electrons. The maximum absolute atomic E-state index is 0. The second-order valence-electron chi connectivity index (χ2n) is 0. The van der Waals surface area contributed by atoms with Crippen LogP contribution in [0.1, 0.15) is 0 Å². The molecule has 0 spiro atoms. The minimum atomic E-state index is 0. The summed E-state index contributed by atoms with van der Waals surface area (Å²) in [6.07, 6.45) is 0. The molecule has 5 heavy (non-hydrogen) atoms. The second-order valence-corrected chi connectivity index (χ2v) is 0. The number of rotatable bonds is 0. The SMILES string of the molecule is O.O.O.[Fe].[KH]. The predicted octanol–water partition coefficient (Wildman–Crippen LogP) is -3.13. The molecule has 0 aromatic rings. The van der Waals surface area contributed by atoms with Crippen molar-refractivity contribution in [3.05, 3.63) is 0 Å². The third-order valence-corrected chi connectivity index (χ3v) is 0. The van der Waals surface area contributed by atoms with Crippen LogP contribution in [0.3, 0.4) is 0 Å². The van der Waals surface area contributed by atoms with Crippen LogP contribution in [0.4, 0.5) is 0 Å². The Labute approximate surface area is 83.3 Å². The van der Waals surface area contributed by atoms with Crippen molar-refractivity contribution < 1.29 is 33.5 Å². The van der Waals surface area contributed by atoms with Crippen molar-refractivity contribution in [3.8, 4) is 0 Å². The van der Waals surface area contributed by atoms with Gasteiger partial charge in [0.25, 0.3) is 0 Å². The summed E-state index contributed by atoms with van der Waals surface area (Å²) in [6, 6.07) is 0. The molecule has 0 aliphatic carbocycles. The Balaban J connectivity index is 0. The van der Waals surface area contributed by atoms with E-state index < -0.39 is 0 Å². The molecule has 0 aromatic carbocycles. The molecule has 0 aliphatic heterocycles. The summed E-state index contributed by atoms with van der Waals surface area (Å²) in [4.78, 5) is 0. The quantitative estimate of drug-likeness (QED) is 0.326. The van der Waals surface area contributed by atoms with E-state index >= 15 is 0 Å². The average Bonchev–Trinajstić information content (AvgIpc) is 0. The monoisotopic (exact) mass is 150 g/mol. The Morgan fingerprint density at radius 2 is 0.600 bits per heavy atom. The van der Waals surface area contributed by atoms with E-state index in [2.05, 4.69) is 0 Å². The molecular formula is H7FeKO3. The van der Waals surface area contributed by atoms with Gasteiger partial charge in [0, 0.05) is 17.1 Å². The molecular weight excluding hydrogens is 143 g/mol. The Morgan fingerprint density at radius 3 is 0.600 bits per heavy atom. The van der Waals surface area contributed by atoms with Crippen molar-refractivity contribution in [1.82, 2.24) is 0 Å². The van der Waals surface area contributed by atoms with E-state index in [9.17, 15) is 0 Å². The molecule has 0 saturated carbocycles. The van der Waals surface area contributed by atoms with Crippen LogP contribution in [0.25, 0.3) is 0 Å². The van der Waals surface area contributed by atoms with Crippen molar-refractivity contribution in [2.45, 2.75) is 0 Å². The Morgan fingerprint density at radius 1 is 0.600 bits per heavy atom. The third kappa shape index (κ3) is 23.7. The first-order chi connectivity index (χ1) is 0. The standard InChI is InChI=1S/Fe.K.3H2O.H/h;;3*1H2;. The zero-order chi connectivity index (χ0) is 0. The maximum atomic E-state index is 0. The zero-order valence-corrected chi connectivity index (χ0v) is 2.96. The average molecular weight is 150 g/mol. The fraction of sp³-hybridized carbons (Fsp3) is 0. The molecule has 0 bridgehead atoms. The van der Waals surface area contributed by atoms with Crippen molar-refractivity contribution in [2.75, 3.05) is 0 Å². The van der Waals surface area contributed by atoms with Gasteiger partial charge in [0.1, 0.15) is 0 Å². The van der Waals surface area contributed by atoms with Gasteiger partial charge in [-0.25, -0.2) is 0 Å². The topological polar surface area (TPSA) is 94.5 Å². The molecule has 0 rings (SSSR count). The van der Waals surface area contributed by atoms with E-state index in [0.29, 0.717) is 0 Å². The molecule has 0 radical (unpaired) electrons. The normalized spacial score (nSPS) is 0. The summed E-state index contributed by atoms with van der Waals surface area (Å²) in [5.74, 6) is 0. The van der Waals surface area contributed by atoms with Crippen LogP contribution >= 0.6 is 0 Å². The summed E-state index contributed by atoms with van der Waals surface area (Å²) in [6.45, 7) is 0. The summed E-state index contributed by atoms with van der Waals surface area (Å²) in [5, 5.41) is 0. The minimum absolute atomic E-state index is 0. The van der Waals surface area contributed by atoms with Gasteiger partial charge in [0.2, 0.25) is 0 Å². The Kier molecular flexibility index (Phi) is 457. The molecule has 0 unspecified atom stereocenters. The van der Waals surface area contributed by atoms with Gasteiger partial charge in [-0.2, -0.15) is 0 Å². The first kappa shape index (κ1) is 61.8. The van der Waals surface area contributed by atoms with Crippen LogP contribution in [0.5, 0.6) is 0 Å². The first-order valence-corrected chi connectivity index (χ1v) is 0. The molecule has 6 N–H and O–H groups in total. The van der Waals surface area contributed by atoms with E-state index in [1.807, 2.05) is 0 Å². The van der Waals surface area contributed by atoms with Gasteiger partial charge in [0.15, 0.2) is 0 Å². The van der Waals surface area contributed by atoms with E-state index in [-0.39, 0.29) is 84.9 Å². The molecule has 0 heterocycles. The predicted molar refractivity (Wildman–Crippen MR) is 18.0 cm³/mol. The van der Waals surface area contributed by atoms with E-state index in [1.54, 1.807) is 0 Å². The Hall–Kier alpha value is 2.04. The van der Waals surface area contributed by atoms with Crippen LogP contribution in [-0.4, -0.2) is 67.8 Å². The van der Waals surface area contributed by atoms with Gasteiger partial charge in [-0.15, -0.1) is 0 Å². The molecule has 3 nitrogen and oxygen atoms in total. The summed E-state index contributed by atoms with van der Waals surface area (Å²) in [7, 11) is 0. The van der Waals surface area contributed by atoms with E-state index in [1.165, 1.54) is 0 Å². The molecule has 0 aliphatic rings. The third-order valence-electron chi connectivity index (χ3n) is 0. The summed E-state index contributed by atoms with van der Waals surface area (Å²) in [5.41, 5.74) is 0. The zero-order valence-electron chi connectivity index (χ0n) is 1.85. The molecule has 0 atom stereocenters. The van der Waals surface area contributed by atoms with Crippen LogP contribution in [0.15, 0.2) is 0 Å². The summed E-state index contributed by atoms with van der Waals surface area (Å²) < 4.78 is 0. The number of hydrogen-bond acceptors (Lipinski definition) is 0. The van der Waals surface area contributed by atoms with Gasteiger partial charge in [-0.3, -0.25) is 0 Å². The van der Waals surface area contributed by atoms with Crippen LogP contribution in [0, 0.1) is 0 Å². The van der Waals surface area contributed by atoms with Crippen molar-refractivity contribution in [2.24, 2.45) is 0 Å². The van der Waals surface area contributed by atoms with Gasteiger partial charge < -0.3 is 16.4 Å². The van der Waals surface area contributed by atoms with Crippen molar-refractivity contribution >= 4 is 51.4 Å². The van der Waals surface area contributed by atoms with Gasteiger partial charge in [0.05, 0.1) is 0 Å². The molecule has 0 fully saturated rings. The molecule has 0 aromatic heterocycles. The second kappa shape index (κ2) is 36.9. The van der Waals surface area contributed by atoms with Crippen LogP contribution in [-0.2, 0) is 17.1 Å². The fourth-order valence-electron chi connectivity index (χ4n) is 0. The summed E-state index contributed by atoms with van der Waals surface area (Å²) >= 11 is 0. The van der Waals surface area contributed by atoms with E-state index in [0.717, 1.165) is 0 Å². The molecule has 0 saturated heterocycles. The van der Waals surface area contributed by atoms with Crippen molar-refractivity contribution in [3.63, 3.8) is 0 Å². The fourth-order valence-corrected chi connectivity index (χ4v) is 0. The first-order valence-electron chi connectivity index (χ1n) is 0. The van der Waals surface area contributed by atoms with Gasteiger partial charge in [-0.1, -0.05) is 0 Å². The van der Waals surface area contributed by atoms with Crippen LogP contribution in [0.2, 0.25) is 0 Å². The van der Waals surface area contributed by atoms with Crippen molar-refractivity contribution in [1.29, 1.82) is 0 Å². The van der Waals surface area contributed by atoms with Crippen LogP contribution < -0.4 is 0 Å². The molecule has 0 amide bonds. The number of hydrogen-bond donors (Lipinski definition) is 0. The Bertz CT molecular complexity index is 6.85.